The molecule has 174 valence electrons. The molecule has 0 saturated carbocycles. The van der Waals surface area contributed by atoms with Crippen molar-refractivity contribution < 1.29 is 19.5 Å². The zero-order valence-electron chi connectivity index (χ0n) is 19.9. The van der Waals surface area contributed by atoms with Gasteiger partial charge in [0.05, 0.1) is 7.11 Å². The molecule has 0 bridgehead atoms. The number of ketones is 1. The maximum Gasteiger partial charge on any atom is 0.335 e. The smallest absolute Gasteiger partial charge is 0.335 e. The first-order valence-corrected chi connectivity index (χ1v) is 11.1. The van der Waals surface area contributed by atoms with Gasteiger partial charge in [-0.3, -0.25) is 9.59 Å². The molecule has 0 heterocycles. The van der Waals surface area contributed by atoms with Gasteiger partial charge >= 0.3 is 6.21 Å². The van der Waals surface area contributed by atoms with Gasteiger partial charge in [-0.15, -0.1) is 4.67 Å². The molecule has 3 atom stereocenters. The Balaban J connectivity index is 2.43. The molecule has 1 aliphatic rings. The van der Waals surface area contributed by atoms with E-state index in [9.17, 15) is 14.8 Å². The van der Waals surface area contributed by atoms with Crippen LogP contribution in [0.3, 0.4) is 0 Å². The van der Waals surface area contributed by atoms with Gasteiger partial charge in [0.25, 0.3) is 12.5 Å². The van der Waals surface area contributed by atoms with Crippen molar-refractivity contribution in [1.29, 1.82) is 0 Å². The number of Topliss-reactive ketones (excluding diaryl/α,β-unsaturated/α-hetero) is 1. The maximum absolute atomic E-state index is 12.6. The molecular weight excluding hydrogens is 406 g/mol. The minimum absolute atomic E-state index is 0.0186. The minimum Gasteiger partial charge on any atom is -0.500 e. The quantitative estimate of drug-likeness (QED) is 0.245. The van der Waals surface area contributed by atoms with Crippen molar-refractivity contribution >= 4 is 30.7 Å². The fourth-order valence-corrected chi connectivity index (χ4v) is 4.37. The molecule has 1 aromatic carbocycles. The second-order valence-corrected chi connectivity index (χ2v) is 8.63. The molecule has 0 amide bonds. The fraction of sp³-hybridized carbons (Fsp3) is 0.520. The number of hydroxylamine groups is 2. The standard InChI is InChI=1S/C25H36N3O4/c1-7-17(2)24(23(30)14-26-3)28(31)15-19-9-8-10-22(25(19)32-6)20-11-18(16-29)12-21(13-20)27(4)5/h11-14,16-17,22,24,31H,3,7-10,15H2,1-2,4-6H3/q+1/t17-,22?,24-/m0/s1. The van der Waals surface area contributed by atoms with Crippen LogP contribution in [0.5, 0.6) is 0 Å². The third-order valence-electron chi connectivity index (χ3n) is 6.24. The number of hydrogen-bond acceptors (Lipinski definition) is 6. The van der Waals surface area contributed by atoms with E-state index in [-0.39, 0.29) is 24.2 Å². The monoisotopic (exact) mass is 442 g/mol. The van der Waals surface area contributed by atoms with Crippen molar-refractivity contribution in [2.24, 2.45) is 5.92 Å². The molecule has 2 rings (SSSR count). The number of nitrogens with zero attached hydrogens (tertiary/aromatic N) is 3. The Labute approximate surface area is 191 Å². The zero-order chi connectivity index (χ0) is 23.8. The molecule has 7 heteroatoms. The van der Waals surface area contributed by atoms with Crippen LogP contribution in [0, 0.1) is 5.92 Å². The Morgan fingerprint density at radius 3 is 2.66 bits per heavy atom. The molecule has 0 radical (unpaired) electrons. The largest absolute Gasteiger partial charge is 0.500 e. The van der Waals surface area contributed by atoms with Gasteiger partial charge in [0.15, 0.2) is 0 Å². The van der Waals surface area contributed by atoms with E-state index < -0.39 is 6.04 Å². The summed E-state index contributed by atoms with van der Waals surface area (Å²) in [5.74, 6) is 0.459. The Morgan fingerprint density at radius 1 is 1.38 bits per heavy atom. The highest BCUT2D eigenvalue weighted by Gasteiger charge is 2.34. The number of benzene rings is 1. The summed E-state index contributed by atoms with van der Waals surface area (Å²) in [6.07, 6.45) is 5.35. The van der Waals surface area contributed by atoms with E-state index >= 15 is 0 Å². The van der Waals surface area contributed by atoms with Crippen LogP contribution in [0.15, 0.2) is 29.5 Å². The summed E-state index contributed by atoms with van der Waals surface area (Å²) in [5, 5.41) is 12.0. The Hall–Kier alpha value is -2.73. The highest BCUT2D eigenvalue weighted by Crippen LogP contribution is 2.39. The van der Waals surface area contributed by atoms with Gasteiger partial charge in [0.2, 0.25) is 0 Å². The van der Waals surface area contributed by atoms with E-state index in [1.54, 1.807) is 7.11 Å². The van der Waals surface area contributed by atoms with E-state index in [1.165, 1.54) is 6.21 Å². The number of ether oxygens (including phenoxy) is 1. The third-order valence-corrected chi connectivity index (χ3v) is 6.24. The van der Waals surface area contributed by atoms with Crippen LogP contribution in [0.25, 0.3) is 0 Å². The predicted octanol–water partition coefficient (Wildman–Crippen LogP) is 3.25. The second kappa shape index (κ2) is 11.8. The first kappa shape index (κ1) is 25.5. The van der Waals surface area contributed by atoms with E-state index in [4.69, 9.17) is 4.74 Å². The number of carbonyl (C=O) groups is 2. The van der Waals surface area contributed by atoms with E-state index in [0.29, 0.717) is 5.56 Å². The number of methoxy groups -OCH3 is 1. The fourth-order valence-electron chi connectivity index (χ4n) is 4.37. The van der Waals surface area contributed by atoms with Crippen molar-refractivity contribution in [3.05, 3.63) is 40.7 Å². The normalized spacial score (nSPS) is 18.0. The van der Waals surface area contributed by atoms with Crippen molar-refractivity contribution in [2.75, 3.05) is 32.6 Å². The first-order valence-electron chi connectivity index (χ1n) is 11.1. The summed E-state index contributed by atoms with van der Waals surface area (Å²) in [7, 11) is 5.52. The Bertz CT molecular complexity index is 902. The van der Waals surface area contributed by atoms with Crippen molar-refractivity contribution in [1.82, 2.24) is 9.73 Å². The predicted molar refractivity (Wildman–Crippen MR) is 129 cm³/mol. The molecule has 0 spiro atoms. The molecule has 0 aliphatic heterocycles. The Kier molecular flexibility index (Phi) is 9.39. The SMILES string of the molecule is C=[N+]=CC(=O)[C@H]([C@@H](C)CC)N(O)CC1=C(OC)C(c2cc(C=O)cc(N(C)C)c2)CCC1. The lowest BCUT2D eigenvalue weighted by Crippen LogP contribution is -2.45. The summed E-state index contributed by atoms with van der Waals surface area (Å²) in [6.45, 7) is 7.49. The molecule has 0 saturated heterocycles. The second-order valence-electron chi connectivity index (χ2n) is 8.63. The summed E-state index contributed by atoms with van der Waals surface area (Å²) in [4.78, 5) is 26.0. The lowest BCUT2D eigenvalue weighted by molar-refractivity contribution is -0.152. The van der Waals surface area contributed by atoms with Crippen molar-refractivity contribution in [2.45, 2.75) is 51.5 Å². The topological polar surface area (TPSA) is 84.2 Å². The van der Waals surface area contributed by atoms with Crippen LogP contribution in [-0.4, -0.2) is 69.1 Å². The van der Waals surface area contributed by atoms with Crippen LogP contribution in [0.2, 0.25) is 0 Å². The number of rotatable bonds is 11. The highest BCUT2D eigenvalue weighted by atomic mass is 16.5. The zero-order valence-corrected chi connectivity index (χ0v) is 19.9. The molecule has 1 N–H and O–H groups in total. The van der Waals surface area contributed by atoms with Gasteiger partial charge in [0.1, 0.15) is 18.1 Å². The Morgan fingerprint density at radius 2 is 2.09 bits per heavy atom. The number of allylic oxidation sites excluding steroid dienone is 1. The van der Waals surface area contributed by atoms with Crippen molar-refractivity contribution in [3.63, 3.8) is 0 Å². The van der Waals surface area contributed by atoms with Gasteiger partial charge in [-0.25, -0.2) is 0 Å². The van der Waals surface area contributed by atoms with Crippen LogP contribution < -0.4 is 9.57 Å². The number of aldehydes is 1. The van der Waals surface area contributed by atoms with Crippen LogP contribution in [0.1, 0.15) is 61.4 Å². The van der Waals surface area contributed by atoms with E-state index in [2.05, 4.69) is 17.5 Å². The third kappa shape index (κ3) is 5.94. The first-order chi connectivity index (χ1) is 15.3. The van der Waals surface area contributed by atoms with Gasteiger partial charge < -0.3 is 14.8 Å². The summed E-state index contributed by atoms with van der Waals surface area (Å²) >= 11 is 0. The summed E-state index contributed by atoms with van der Waals surface area (Å²) < 4.78 is 9.43. The average Bonchev–Trinajstić information content (AvgIpc) is 2.78. The van der Waals surface area contributed by atoms with Gasteiger partial charge in [-0.05, 0) is 54.5 Å². The number of anilines is 1. The average molecular weight is 443 g/mol. The molecule has 1 aromatic rings. The van der Waals surface area contributed by atoms with Crippen molar-refractivity contribution in [3.8, 4) is 0 Å². The molecule has 7 nitrogen and oxygen atoms in total. The molecule has 1 unspecified atom stereocenters. The van der Waals surface area contributed by atoms with E-state index in [0.717, 1.165) is 59.6 Å². The number of carbonyl (C=O) groups excluding carboxylic acids is 2. The molecule has 0 aromatic heterocycles. The van der Waals surface area contributed by atoms with Crippen LogP contribution in [0.4, 0.5) is 5.69 Å². The summed E-state index contributed by atoms with van der Waals surface area (Å²) in [5.41, 5.74) is 3.54. The molecule has 0 fully saturated rings. The lowest BCUT2D eigenvalue weighted by atomic mass is 9.82. The molecule has 32 heavy (non-hydrogen) atoms. The lowest BCUT2D eigenvalue weighted by Gasteiger charge is -2.33. The molecule has 1 aliphatic carbocycles. The van der Waals surface area contributed by atoms with E-state index in [1.807, 2.05) is 45.0 Å². The number of hydrogen-bond donors (Lipinski definition) is 1. The minimum atomic E-state index is -0.699. The van der Waals surface area contributed by atoms with Gasteiger partial charge in [0, 0.05) is 37.8 Å². The van der Waals surface area contributed by atoms with Gasteiger partial charge in [-0.1, -0.05) is 20.3 Å². The summed E-state index contributed by atoms with van der Waals surface area (Å²) in [6, 6.07) is 5.14. The van der Waals surface area contributed by atoms with Crippen LogP contribution in [-0.2, 0) is 9.53 Å². The molecular formula is C25H36N3O4+. The highest BCUT2D eigenvalue weighted by molar-refractivity contribution is 6.29. The van der Waals surface area contributed by atoms with Gasteiger partial charge in [-0.2, -0.15) is 5.06 Å². The maximum atomic E-state index is 12.6. The van der Waals surface area contributed by atoms with Crippen LogP contribution >= 0.6 is 0 Å².